The third kappa shape index (κ3) is 16.3. The summed E-state index contributed by atoms with van der Waals surface area (Å²) in [6.45, 7) is 13.6. The topological polar surface area (TPSA) is 32.3 Å². The first-order valence-corrected chi connectivity index (χ1v) is 10.0. The Morgan fingerprint density at radius 3 is 2.04 bits per heavy atom. The largest absolute Gasteiger partial charge is 0.382 e. The van der Waals surface area contributed by atoms with Crippen molar-refractivity contribution < 1.29 is 0 Å². The van der Waals surface area contributed by atoms with Crippen molar-refractivity contribution in [3.05, 3.63) is 20.8 Å². The van der Waals surface area contributed by atoms with Crippen LogP contribution in [0, 0.1) is 4.51 Å². The van der Waals surface area contributed by atoms with Gasteiger partial charge in [0.2, 0.25) is 5.43 Å². The van der Waals surface area contributed by atoms with Crippen LogP contribution >= 0.6 is 24.8 Å². The number of nitrogens with zero attached hydrogens (tertiary/aromatic N) is 1. The summed E-state index contributed by atoms with van der Waals surface area (Å²) >= 11 is 8.30. The Bertz CT molecular complexity index is 401. The number of hydrogen-bond donors (Lipinski definition) is 2. The molecule has 1 N–H and O–H groups in total. The summed E-state index contributed by atoms with van der Waals surface area (Å²) in [6, 6.07) is 1.74. The zero-order valence-electron chi connectivity index (χ0n) is 16.2. The summed E-state index contributed by atoms with van der Waals surface area (Å²) in [5.74, 6) is 0. The number of rotatable bonds is 8. The smallest absolute Gasteiger partial charge is 0.219 e. The van der Waals surface area contributed by atoms with Crippen molar-refractivity contribution in [1.82, 2.24) is 4.90 Å². The lowest BCUT2D eigenvalue weighted by molar-refractivity contribution is 0.328. The molecule has 0 radical (unpaired) electrons. The van der Waals surface area contributed by atoms with Crippen LogP contribution in [0.3, 0.4) is 0 Å². The molecule has 0 fully saturated rings. The highest BCUT2D eigenvalue weighted by Gasteiger charge is 2.04. The zero-order chi connectivity index (χ0) is 18.7. The normalized spacial score (nSPS) is 9.09. The van der Waals surface area contributed by atoms with Crippen LogP contribution < -0.4 is 10.7 Å². The van der Waals surface area contributed by atoms with Crippen LogP contribution in [-0.2, 0) is 0 Å². The van der Waals surface area contributed by atoms with Crippen molar-refractivity contribution in [3.63, 3.8) is 0 Å². The molecular formula is C18H38N2OS2. The SMILES string of the molecule is CC.CCC.CCCN(C)CCCCNc1cc(=S)c1=O.CS. The van der Waals surface area contributed by atoms with E-state index in [0.717, 1.165) is 32.5 Å². The molecule has 0 aliphatic rings. The van der Waals surface area contributed by atoms with Crippen molar-refractivity contribution in [3.8, 4) is 0 Å². The van der Waals surface area contributed by atoms with E-state index in [1.807, 2.05) is 13.8 Å². The fourth-order valence-electron chi connectivity index (χ4n) is 1.67. The Balaban J connectivity index is -0.000000496. The van der Waals surface area contributed by atoms with E-state index >= 15 is 0 Å². The van der Waals surface area contributed by atoms with Gasteiger partial charge in [-0.25, -0.2) is 0 Å². The van der Waals surface area contributed by atoms with Gasteiger partial charge in [0.1, 0.15) is 0 Å². The average molecular weight is 363 g/mol. The molecule has 1 rings (SSSR count). The minimum absolute atomic E-state index is 0.00176. The Labute approximate surface area is 155 Å². The van der Waals surface area contributed by atoms with Gasteiger partial charge in [0, 0.05) is 6.54 Å². The minimum Gasteiger partial charge on any atom is -0.382 e. The molecule has 1 aromatic carbocycles. The van der Waals surface area contributed by atoms with E-state index in [2.05, 4.69) is 50.7 Å². The predicted octanol–water partition coefficient (Wildman–Crippen LogP) is 5.17. The second kappa shape index (κ2) is 21.6. The Hall–Kier alpha value is -0.390. The molecule has 0 saturated heterocycles. The number of hydrogen-bond acceptors (Lipinski definition) is 5. The Morgan fingerprint density at radius 2 is 1.65 bits per heavy atom. The molecule has 0 bridgehead atoms. The van der Waals surface area contributed by atoms with Crippen LogP contribution in [0.2, 0.25) is 0 Å². The van der Waals surface area contributed by atoms with Crippen LogP contribution in [0.4, 0.5) is 5.69 Å². The van der Waals surface area contributed by atoms with Gasteiger partial charge in [0.15, 0.2) is 0 Å². The standard InChI is InChI=1S/C12H20N2OS.C3H8.C2H6.CH4S/c1-3-7-14(2)8-5-4-6-13-10-9-11(16)12(10)15;1-3-2;2*1-2/h9,13H,3-8H2,1-2H3;3H2,1-2H3;1-2H3;2H,1H3. The number of nitrogens with one attached hydrogen (secondary N) is 1. The van der Waals surface area contributed by atoms with Crippen molar-refractivity contribution in [1.29, 1.82) is 0 Å². The quantitative estimate of drug-likeness (QED) is 0.379. The lowest BCUT2D eigenvalue weighted by Crippen LogP contribution is -2.21. The predicted molar refractivity (Wildman–Crippen MR) is 114 cm³/mol. The maximum atomic E-state index is 11.1. The monoisotopic (exact) mass is 362 g/mol. The van der Waals surface area contributed by atoms with E-state index in [9.17, 15) is 4.79 Å². The summed E-state index contributed by atoms with van der Waals surface area (Å²) in [7, 11) is 2.15. The van der Waals surface area contributed by atoms with Crippen LogP contribution in [-0.4, -0.2) is 37.8 Å². The molecule has 1 aromatic rings. The Morgan fingerprint density at radius 1 is 1.13 bits per heavy atom. The molecule has 0 aromatic heterocycles. The molecule has 0 amide bonds. The van der Waals surface area contributed by atoms with Crippen molar-refractivity contribution in [2.75, 3.05) is 38.3 Å². The second-order valence-corrected chi connectivity index (χ2v) is 5.34. The molecule has 0 heterocycles. The summed E-state index contributed by atoms with van der Waals surface area (Å²) in [5.41, 5.74) is 0.685. The highest BCUT2D eigenvalue weighted by atomic mass is 32.1. The van der Waals surface area contributed by atoms with Gasteiger partial charge < -0.3 is 10.2 Å². The third-order valence-corrected chi connectivity index (χ3v) is 2.93. The highest BCUT2D eigenvalue weighted by Crippen LogP contribution is 2.04. The first-order chi connectivity index (χ1) is 11.1. The highest BCUT2D eigenvalue weighted by molar-refractivity contribution is 7.79. The second-order valence-electron chi connectivity index (χ2n) is 4.90. The first kappa shape index (κ1) is 27.5. The van der Waals surface area contributed by atoms with Gasteiger partial charge in [0.25, 0.3) is 0 Å². The molecule has 0 aliphatic heterocycles. The van der Waals surface area contributed by atoms with E-state index in [4.69, 9.17) is 12.2 Å². The lowest BCUT2D eigenvalue weighted by Gasteiger charge is -2.15. The van der Waals surface area contributed by atoms with Crippen LogP contribution in [0.5, 0.6) is 0 Å². The molecule has 3 nitrogen and oxygen atoms in total. The molecule has 0 spiro atoms. The van der Waals surface area contributed by atoms with Crippen LogP contribution in [0.1, 0.15) is 60.3 Å². The van der Waals surface area contributed by atoms with Crippen LogP contribution in [0.15, 0.2) is 10.9 Å². The third-order valence-electron chi connectivity index (χ3n) is 2.63. The van der Waals surface area contributed by atoms with Crippen LogP contribution in [0.25, 0.3) is 0 Å². The maximum Gasteiger partial charge on any atom is 0.219 e. The average Bonchev–Trinajstić information content (AvgIpc) is 2.58. The van der Waals surface area contributed by atoms with Gasteiger partial charge in [-0.2, -0.15) is 12.6 Å². The summed E-state index contributed by atoms with van der Waals surface area (Å²) in [5, 5.41) is 3.11. The molecular weight excluding hydrogens is 324 g/mol. The molecule has 0 saturated carbocycles. The molecule has 138 valence electrons. The summed E-state index contributed by atoms with van der Waals surface area (Å²) in [4.78, 5) is 13.5. The van der Waals surface area contributed by atoms with Gasteiger partial charge >= 0.3 is 0 Å². The van der Waals surface area contributed by atoms with Crippen molar-refractivity contribution in [2.24, 2.45) is 0 Å². The van der Waals surface area contributed by atoms with Gasteiger partial charge in [-0.15, -0.1) is 0 Å². The molecule has 0 unspecified atom stereocenters. The summed E-state index contributed by atoms with van der Waals surface area (Å²) < 4.78 is 0.449. The molecule has 0 atom stereocenters. The lowest BCUT2D eigenvalue weighted by atomic mass is 10.2. The number of unbranched alkanes of at least 4 members (excludes halogenated alkanes) is 1. The molecule has 23 heavy (non-hydrogen) atoms. The van der Waals surface area contributed by atoms with E-state index < -0.39 is 0 Å². The van der Waals surface area contributed by atoms with Gasteiger partial charge in [-0.1, -0.05) is 53.3 Å². The fourth-order valence-corrected chi connectivity index (χ4v) is 1.90. The maximum absolute atomic E-state index is 11.1. The van der Waals surface area contributed by atoms with Gasteiger partial charge in [-0.3, -0.25) is 4.79 Å². The van der Waals surface area contributed by atoms with E-state index in [0.29, 0.717) is 10.2 Å². The molecule has 0 aliphatic carbocycles. The van der Waals surface area contributed by atoms with Gasteiger partial charge in [-0.05, 0) is 51.7 Å². The van der Waals surface area contributed by atoms with Crippen molar-refractivity contribution in [2.45, 2.75) is 60.3 Å². The van der Waals surface area contributed by atoms with E-state index in [1.165, 1.54) is 12.8 Å². The van der Waals surface area contributed by atoms with E-state index in [-0.39, 0.29) is 5.43 Å². The van der Waals surface area contributed by atoms with Crippen molar-refractivity contribution >= 4 is 30.5 Å². The molecule has 5 heteroatoms. The number of anilines is 1. The first-order valence-electron chi connectivity index (χ1n) is 8.74. The van der Waals surface area contributed by atoms with E-state index in [1.54, 1.807) is 12.3 Å². The van der Waals surface area contributed by atoms with Gasteiger partial charge in [0.05, 0.1) is 10.2 Å². The fraction of sp³-hybridized carbons (Fsp3) is 0.778. The minimum atomic E-state index is -0.00176. The Kier molecular flexibility index (Phi) is 25.8. The zero-order valence-corrected chi connectivity index (χ0v) is 17.9. The summed E-state index contributed by atoms with van der Waals surface area (Å²) in [6.07, 6.45) is 6.40. The number of thiol groups is 1.